The lowest BCUT2D eigenvalue weighted by atomic mass is 10.2. The highest BCUT2D eigenvalue weighted by Gasteiger charge is 2.32. The van der Waals surface area contributed by atoms with E-state index in [2.05, 4.69) is 10.2 Å². The van der Waals surface area contributed by atoms with Crippen LogP contribution in [0.5, 0.6) is 0 Å². The molecule has 0 aromatic rings. The van der Waals surface area contributed by atoms with Gasteiger partial charge in [0.25, 0.3) is 0 Å². The molecule has 0 bridgehead atoms. The van der Waals surface area contributed by atoms with Crippen LogP contribution in [0, 0.1) is 0 Å². The SMILES string of the molecule is C[C@H](N)C(=O)NCC1CN2CCCC2CO1. The van der Waals surface area contributed by atoms with Crippen molar-refractivity contribution >= 4 is 5.91 Å². The molecule has 2 fully saturated rings. The molecule has 0 aromatic carbocycles. The molecule has 0 aliphatic carbocycles. The van der Waals surface area contributed by atoms with Crippen molar-refractivity contribution in [3.8, 4) is 0 Å². The zero-order valence-electron chi connectivity index (χ0n) is 9.82. The molecule has 92 valence electrons. The maximum Gasteiger partial charge on any atom is 0.236 e. The Bertz CT molecular complexity index is 258. The maximum absolute atomic E-state index is 11.3. The van der Waals surface area contributed by atoms with Crippen LogP contribution in [-0.4, -0.2) is 55.2 Å². The van der Waals surface area contributed by atoms with Gasteiger partial charge in [0.15, 0.2) is 0 Å². The van der Waals surface area contributed by atoms with Crippen LogP contribution < -0.4 is 11.1 Å². The van der Waals surface area contributed by atoms with Crippen LogP contribution in [0.2, 0.25) is 0 Å². The molecule has 2 aliphatic heterocycles. The summed E-state index contributed by atoms with van der Waals surface area (Å²) in [5.41, 5.74) is 5.47. The van der Waals surface area contributed by atoms with Crippen molar-refractivity contribution in [1.82, 2.24) is 10.2 Å². The smallest absolute Gasteiger partial charge is 0.236 e. The largest absolute Gasteiger partial charge is 0.373 e. The zero-order valence-corrected chi connectivity index (χ0v) is 9.82. The number of ether oxygens (including phenoxy) is 1. The summed E-state index contributed by atoms with van der Waals surface area (Å²) in [7, 11) is 0. The molecule has 2 heterocycles. The Labute approximate surface area is 96.3 Å². The molecular weight excluding hydrogens is 206 g/mol. The van der Waals surface area contributed by atoms with Crippen LogP contribution in [0.1, 0.15) is 19.8 Å². The first kappa shape index (κ1) is 11.8. The minimum atomic E-state index is -0.442. The van der Waals surface area contributed by atoms with Gasteiger partial charge < -0.3 is 15.8 Å². The Hall–Kier alpha value is -0.650. The molecule has 16 heavy (non-hydrogen) atoms. The third-order valence-electron chi connectivity index (χ3n) is 3.38. The lowest BCUT2D eigenvalue weighted by Gasteiger charge is -2.35. The normalized spacial score (nSPS) is 32.1. The number of nitrogens with one attached hydrogen (secondary N) is 1. The van der Waals surface area contributed by atoms with E-state index in [0.717, 1.165) is 13.2 Å². The van der Waals surface area contributed by atoms with Crippen LogP contribution in [-0.2, 0) is 9.53 Å². The lowest BCUT2D eigenvalue weighted by Crippen LogP contribution is -2.51. The quantitative estimate of drug-likeness (QED) is 0.670. The number of carbonyl (C=O) groups is 1. The Morgan fingerprint density at radius 1 is 1.69 bits per heavy atom. The molecule has 0 saturated carbocycles. The van der Waals surface area contributed by atoms with Crippen molar-refractivity contribution in [1.29, 1.82) is 0 Å². The lowest BCUT2D eigenvalue weighted by molar-refractivity contribution is -0.123. The van der Waals surface area contributed by atoms with Gasteiger partial charge in [-0.05, 0) is 26.3 Å². The minimum absolute atomic E-state index is 0.104. The van der Waals surface area contributed by atoms with Crippen LogP contribution >= 0.6 is 0 Å². The van der Waals surface area contributed by atoms with E-state index < -0.39 is 6.04 Å². The highest BCUT2D eigenvalue weighted by atomic mass is 16.5. The first-order chi connectivity index (χ1) is 7.66. The molecule has 0 spiro atoms. The molecule has 3 N–H and O–H groups in total. The molecule has 2 aliphatic rings. The third-order valence-corrected chi connectivity index (χ3v) is 3.38. The Kier molecular flexibility index (Phi) is 3.78. The number of nitrogens with two attached hydrogens (primary N) is 1. The third kappa shape index (κ3) is 2.72. The molecule has 0 aromatic heterocycles. The van der Waals surface area contributed by atoms with Gasteiger partial charge in [-0.2, -0.15) is 0 Å². The number of nitrogens with zero attached hydrogens (tertiary/aromatic N) is 1. The van der Waals surface area contributed by atoms with Gasteiger partial charge >= 0.3 is 0 Å². The van der Waals surface area contributed by atoms with Gasteiger partial charge in [0.1, 0.15) is 0 Å². The fourth-order valence-electron chi connectivity index (χ4n) is 2.38. The van der Waals surface area contributed by atoms with E-state index in [9.17, 15) is 4.79 Å². The molecule has 0 radical (unpaired) electrons. The second-order valence-electron chi connectivity index (χ2n) is 4.78. The molecule has 5 heteroatoms. The second kappa shape index (κ2) is 5.12. The van der Waals surface area contributed by atoms with E-state index in [-0.39, 0.29) is 12.0 Å². The molecule has 1 amide bonds. The van der Waals surface area contributed by atoms with Gasteiger partial charge in [-0.3, -0.25) is 9.69 Å². The maximum atomic E-state index is 11.3. The molecule has 5 nitrogen and oxygen atoms in total. The number of amides is 1. The predicted molar refractivity (Wildman–Crippen MR) is 61.0 cm³/mol. The van der Waals surface area contributed by atoms with Crippen molar-refractivity contribution < 1.29 is 9.53 Å². The molecule has 3 atom stereocenters. The van der Waals surface area contributed by atoms with Crippen molar-refractivity contribution in [3.63, 3.8) is 0 Å². The highest BCUT2D eigenvalue weighted by molar-refractivity contribution is 5.80. The van der Waals surface area contributed by atoms with Gasteiger partial charge in [-0.1, -0.05) is 0 Å². The summed E-state index contributed by atoms with van der Waals surface area (Å²) in [5.74, 6) is -0.104. The van der Waals surface area contributed by atoms with Crippen molar-refractivity contribution in [3.05, 3.63) is 0 Å². The molecule has 2 rings (SSSR count). The summed E-state index contributed by atoms with van der Waals surface area (Å²) in [6.45, 7) is 5.17. The van der Waals surface area contributed by atoms with Crippen LogP contribution in [0.25, 0.3) is 0 Å². The Morgan fingerprint density at radius 2 is 2.50 bits per heavy atom. The van der Waals surface area contributed by atoms with E-state index in [1.807, 2.05) is 0 Å². The van der Waals surface area contributed by atoms with Gasteiger partial charge in [0.2, 0.25) is 5.91 Å². The monoisotopic (exact) mass is 227 g/mol. The van der Waals surface area contributed by atoms with Crippen LogP contribution in [0.3, 0.4) is 0 Å². The van der Waals surface area contributed by atoms with Gasteiger partial charge in [0.05, 0.1) is 18.8 Å². The summed E-state index contributed by atoms with van der Waals surface area (Å²) >= 11 is 0. The van der Waals surface area contributed by atoms with E-state index in [4.69, 9.17) is 10.5 Å². The summed E-state index contributed by atoms with van der Waals surface area (Å²) in [5, 5.41) is 2.82. The minimum Gasteiger partial charge on any atom is -0.373 e. The van der Waals surface area contributed by atoms with E-state index in [1.165, 1.54) is 19.4 Å². The first-order valence-electron chi connectivity index (χ1n) is 6.06. The van der Waals surface area contributed by atoms with Crippen molar-refractivity contribution in [2.24, 2.45) is 5.73 Å². The van der Waals surface area contributed by atoms with Gasteiger partial charge in [0, 0.05) is 19.1 Å². The molecular formula is C11H21N3O2. The Morgan fingerprint density at radius 3 is 3.25 bits per heavy atom. The number of hydrogen-bond acceptors (Lipinski definition) is 4. The number of rotatable bonds is 3. The molecule has 2 saturated heterocycles. The van der Waals surface area contributed by atoms with Crippen LogP contribution in [0.4, 0.5) is 0 Å². The van der Waals surface area contributed by atoms with E-state index in [1.54, 1.807) is 6.92 Å². The fraction of sp³-hybridized carbons (Fsp3) is 0.909. The van der Waals surface area contributed by atoms with Gasteiger partial charge in [-0.25, -0.2) is 0 Å². The predicted octanol–water partition coefficient (Wildman–Crippen LogP) is -0.687. The molecule has 2 unspecified atom stereocenters. The van der Waals surface area contributed by atoms with Gasteiger partial charge in [-0.15, -0.1) is 0 Å². The zero-order chi connectivity index (χ0) is 11.5. The van der Waals surface area contributed by atoms with Crippen LogP contribution in [0.15, 0.2) is 0 Å². The van der Waals surface area contributed by atoms with Crippen molar-refractivity contribution in [2.45, 2.75) is 38.0 Å². The van der Waals surface area contributed by atoms with E-state index in [0.29, 0.717) is 12.6 Å². The second-order valence-corrected chi connectivity index (χ2v) is 4.78. The topological polar surface area (TPSA) is 67.6 Å². The number of carbonyl (C=O) groups excluding carboxylic acids is 1. The summed E-state index contributed by atoms with van der Waals surface area (Å²) in [6.07, 6.45) is 2.64. The van der Waals surface area contributed by atoms with Crippen molar-refractivity contribution in [2.75, 3.05) is 26.2 Å². The van der Waals surface area contributed by atoms with E-state index >= 15 is 0 Å². The average Bonchev–Trinajstić information content (AvgIpc) is 2.72. The highest BCUT2D eigenvalue weighted by Crippen LogP contribution is 2.22. The average molecular weight is 227 g/mol. The summed E-state index contributed by atoms with van der Waals surface area (Å²) < 4.78 is 5.72. The fourth-order valence-corrected chi connectivity index (χ4v) is 2.38. The standard InChI is InChI=1S/C11H21N3O2/c1-8(12)11(15)13-5-10-6-14-4-2-3-9(14)7-16-10/h8-10H,2-7,12H2,1H3,(H,13,15)/t8-,9?,10?/m0/s1. The number of hydrogen-bond donors (Lipinski definition) is 2. The number of morpholine rings is 1. The first-order valence-corrected chi connectivity index (χ1v) is 6.06. The summed E-state index contributed by atoms with van der Waals surface area (Å²) in [6, 6.07) is 0.170. The Balaban J connectivity index is 1.73. The number of fused-ring (bicyclic) bond motifs is 1. The summed E-state index contributed by atoms with van der Waals surface area (Å²) in [4.78, 5) is 13.8.